The van der Waals surface area contributed by atoms with Crippen molar-refractivity contribution in [3.05, 3.63) is 50.4 Å². The summed E-state index contributed by atoms with van der Waals surface area (Å²) in [5.41, 5.74) is -0.493. The summed E-state index contributed by atoms with van der Waals surface area (Å²) in [6.07, 6.45) is 9.46. The minimum Gasteiger partial charge on any atom is -0.449 e. The first-order chi connectivity index (χ1) is 15.6. The zero-order valence-electron chi connectivity index (χ0n) is 18.3. The average molecular weight is 493 g/mol. The molecule has 0 aliphatic heterocycles. The van der Waals surface area contributed by atoms with Gasteiger partial charge in [0.2, 0.25) is 0 Å². The van der Waals surface area contributed by atoms with Crippen molar-refractivity contribution in [2.24, 2.45) is 5.92 Å². The number of hydrogen-bond donors (Lipinski definition) is 0. The van der Waals surface area contributed by atoms with E-state index in [1.807, 2.05) is 0 Å². The summed E-state index contributed by atoms with van der Waals surface area (Å²) < 4.78 is 29.5. The van der Waals surface area contributed by atoms with E-state index in [0.29, 0.717) is 24.0 Å². The summed E-state index contributed by atoms with van der Waals surface area (Å²) in [5.74, 6) is 1.28. The molecule has 0 radical (unpaired) electrons. The van der Waals surface area contributed by atoms with E-state index in [1.54, 1.807) is 18.2 Å². The molecule has 2 heterocycles. The van der Waals surface area contributed by atoms with Crippen LogP contribution in [0.1, 0.15) is 43.7 Å². The molecule has 1 fully saturated rings. The van der Waals surface area contributed by atoms with Crippen molar-refractivity contribution in [2.45, 2.75) is 50.0 Å². The van der Waals surface area contributed by atoms with Gasteiger partial charge in [-0.1, -0.05) is 30.6 Å². The molecule has 0 N–H and O–H groups in total. The highest BCUT2D eigenvalue weighted by atomic mass is 32.2. The van der Waals surface area contributed by atoms with Crippen LogP contribution in [-0.2, 0) is 22.8 Å². The number of anilines is 1. The second-order valence-electron chi connectivity index (χ2n) is 8.45. The van der Waals surface area contributed by atoms with Crippen LogP contribution in [0.25, 0.3) is 10.1 Å². The van der Waals surface area contributed by atoms with Crippen LogP contribution in [0.5, 0.6) is 0 Å². The van der Waals surface area contributed by atoms with Crippen LogP contribution in [0.15, 0.2) is 32.5 Å². The molecular weight excluding hydrogens is 468 g/mol. The van der Waals surface area contributed by atoms with Crippen LogP contribution in [0.2, 0.25) is 0 Å². The fourth-order valence-corrected chi connectivity index (χ4v) is 5.78. The molecule has 0 atom stereocenters. The first kappa shape index (κ1) is 23.3. The molecule has 12 heteroatoms. The molecule has 176 valence electrons. The number of nitro benzene ring substituents is 1. The molecule has 1 aliphatic rings. The number of nitro groups is 1. The van der Waals surface area contributed by atoms with Gasteiger partial charge in [-0.25, -0.2) is 13.4 Å². The lowest BCUT2D eigenvalue weighted by molar-refractivity contribution is -0.383. The molecule has 1 saturated carbocycles. The minimum atomic E-state index is -3.74. The Balaban J connectivity index is 1.61. The second-order valence-corrected chi connectivity index (χ2v) is 11.4. The lowest BCUT2D eigenvalue weighted by Gasteiger charge is -2.19. The van der Waals surface area contributed by atoms with Crippen molar-refractivity contribution < 1.29 is 17.8 Å². The van der Waals surface area contributed by atoms with Gasteiger partial charge in [0.25, 0.3) is 11.2 Å². The van der Waals surface area contributed by atoms with Crippen LogP contribution in [0.4, 0.5) is 10.8 Å². The highest BCUT2D eigenvalue weighted by Crippen LogP contribution is 2.34. The maximum atomic E-state index is 12.7. The van der Waals surface area contributed by atoms with Crippen molar-refractivity contribution >= 4 is 42.1 Å². The maximum absolute atomic E-state index is 12.7. The van der Waals surface area contributed by atoms with Crippen LogP contribution >= 0.6 is 11.3 Å². The van der Waals surface area contributed by atoms with Gasteiger partial charge in [-0.2, -0.15) is 4.98 Å². The zero-order valence-corrected chi connectivity index (χ0v) is 19.9. The summed E-state index contributed by atoms with van der Waals surface area (Å²) in [4.78, 5) is 33.5. The number of hydrogen-bond acceptors (Lipinski definition) is 10. The first-order valence-corrected chi connectivity index (χ1v) is 13.3. The monoisotopic (exact) mass is 492 g/mol. The molecule has 10 nitrogen and oxygen atoms in total. The molecular formula is C21H24N4O6S2. The number of nitrogens with zero attached hydrogens (tertiary/aromatic N) is 4. The number of sulfone groups is 1. The Labute approximate surface area is 194 Å². The van der Waals surface area contributed by atoms with E-state index >= 15 is 0 Å². The van der Waals surface area contributed by atoms with E-state index in [2.05, 4.69) is 9.97 Å². The molecule has 1 aromatic carbocycles. The Hall–Kier alpha value is -2.86. The van der Waals surface area contributed by atoms with Crippen molar-refractivity contribution in [1.29, 1.82) is 0 Å². The zero-order chi connectivity index (χ0) is 23.8. The van der Waals surface area contributed by atoms with Gasteiger partial charge >= 0.3 is 0 Å². The summed E-state index contributed by atoms with van der Waals surface area (Å²) >= 11 is 0.958. The van der Waals surface area contributed by atoms with E-state index in [4.69, 9.17) is 4.42 Å². The molecule has 0 amide bonds. The van der Waals surface area contributed by atoms with Gasteiger partial charge in [-0.05, 0) is 24.8 Å². The van der Waals surface area contributed by atoms with Crippen molar-refractivity contribution in [3.8, 4) is 0 Å². The molecule has 0 bridgehead atoms. The van der Waals surface area contributed by atoms with Gasteiger partial charge in [0.05, 0.1) is 27.4 Å². The molecule has 0 unspecified atom stereocenters. The number of non-ortho nitro benzene ring substituents is 1. The average Bonchev–Trinajstić information content (AvgIpc) is 3.19. The maximum Gasteiger partial charge on any atom is 0.288 e. The lowest BCUT2D eigenvalue weighted by atomic mass is 9.87. The Bertz CT molecular complexity index is 1360. The van der Waals surface area contributed by atoms with Gasteiger partial charge in [0.15, 0.2) is 20.9 Å². The van der Waals surface area contributed by atoms with Crippen molar-refractivity contribution in [2.75, 3.05) is 18.2 Å². The van der Waals surface area contributed by atoms with Crippen LogP contribution in [-0.4, -0.2) is 36.6 Å². The fourth-order valence-electron chi connectivity index (χ4n) is 4.09. The van der Waals surface area contributed by atoms with Gasteiger partial charge in [0, 0.05) is 25.8 Å². The van der Waals surface area contributed by atoms with Crippen LogP contribution in [0, 0.1) is 16.0 Å². The lowest BCUT2D eigenvalue weighted by Crippen LogP contribution is -2.20. The van der Waals surface area contributed by atoms with Gasteiger partial charge < -0.3 is 9.32 Å². The number of rotatable bonds is 7. The summed E-state index contributed by atoms with van der Waals surface area (Å²) in [6.45, 7) is 0.303. The summed E-state index contributed by atoms with van der Waals surface area (Å²) in [7, 11) is -2.03. The Morgan fingerprint density at radius 3 is 2.64 bits per heavy atom. The fraction of sp³-hybridized carbons (Fsp3) is 0.476. The predicted octanol–water partition coefficient (Wildman–Crippen LogP) is 3.72. The van der Waals surface area contributed by atoms with E-state index < -0.39 is 26.0 Å². The third-order valence-corrected chi connectivity index (χ3v) is 8.11. The summed E-state index contributed by atoms with van der Waals surface area (Å²) in [6, 6.07) is 2.12. The van der Waals surface area contributed by atoms with Crippen molar-refractivity contribution in [1.82, 2.24) is 9.97 Å². The number of fused-ring (bicyclic) bond motifs is 1. The molecule has 3 aromatic rings. The summed E-state index contributed by atoms with van der Waals surface area (Å²) in [5, 5.41) is 11.8. The predicted molar refractivity (Wildman–Crippen MR) is 125 cm³/mol. The highest BCUT2D eigenvalue weighted by Gasteiger charge is 2.23. The minimum absolute atomic E-state index is 0.0763. The Morgan fingerprint density at radius 2 is 1.97 bits per heavy atom. The molecule has 33 heavy (non-hydrogen) atoms. The topological polar surface area (TPSA) is 137 Å². The van der Waals surface area contributed by atoms with Gasteiger partial charge in [-0.15, -0.1) is 0 Å². The van der Waals surface area contributed by atoms with Crippen LogP contribution < -0.4 is 10.5 Å². The molecule has 1 aliphatic carbocycles. The first-order valence-electron chi connectivity index (χ1n) is 10.6. The molecule has 2 aromatic heterocycles. The van der Waals surface area contributed by atoms with E-state index in [1.165, 1.54) is 32.1 Å². The van der Waals surface area contributed by atoms with Crippen molar-refractivity contribution in [3.63, 3.8) is 0 Å². The quantitative estimate of drug-likeness (QED) is 0.357. The van der Waals surface area contributed by atoms with E-state index in [9.17, 15) is 23.3 Å². The highest BCUT2D eigenvalue weighted by molar-refractivity contribution is 7.90. The number of benzene rings is 1. The third kappa shape index (κ3) is 5.22. The van der Waals surface area contributed by atoms with Gasteiger partial charge in [-0.3, -0.25) is 14.9 Å². The number of oxazole rings is 1. The van der Waals surface area contributed by atoms with Gasteiger partial charge in [0.1, 0.15) is 11.0 Å². The Morgan fingerprint density at radius 1 is 1.24 bits per heavy atom. The van der Waals surface area contributed by atoms with E-state index in [0.717, 1.165) is 36.1 Å². The third-order valence-electron chi connectivity index (χ3n) is 5.80. The smallest absolute Gasteiger partial charge is 0.288 e. The molecule has 0 spiro atoms. The van der Waals surface area contributed by atoms with E-state index in [-0.39, 0.29) is 20.1 Å². The standard InChI is InChI=1S/C21H24N4O6S2/c1-24(11-14-12-31-18(22-14)8-13-6-4-3-5-7-13)21-23-20(26)16-9-15(33(2,29)30)10-17(25(27)28)19(16)32-21/h9-10,12-13H,3-8,11H2,1-2H3. The Kier molecular flexibility index (Phi) is 6.48. The number of aromatic nitrogens is 2. The largest absolute Gasteiger partial charge is 0.449 e. The SMILES string of the molecule is CN(Cc1coc(CC2CCCCC2)n1)c1nc(=O)c2cc(S(C)(=O)=O)cc([N+](=O)[O-])c2s1. The second kappa shape index (κ2) is 9.18. The molecule has 0 saturated heterocycles. The molecule has 4 rings (SSSR count). The van der Waals surface area contributed by atoms with Crippen LogP contribution in [0.3, 0.4) is 0 Å². The normalized spacial score (nSPS) is 15.1.